The summed E-state index contributed by atoms with van der Waals surface area (Å²) in [6.07, 6.45) is 4.54. The maximum absolute atomic E-state index is 7.35. The molecule has 0 aromatic carbocycles. The lowest BCUT2D eigenvalue weighted by atomic mass is 10.4. The fourth-order valence-electron chi connectivity index (χ4n) is 1.45. The van der Waals surface area contributed by atoms with Gasteiger partial charge in [-0.05, 0) is 17.8 Å². The predicted octanol–water partition coefficient (Wildman–Crippen LogP) is 0.578. The molecule has 3 aromatic heterocycles. The van der Waals surface area contributed by atoms with Crippen LogP contribution in [0.2, 0.25) is 0 Å². The summed E-state index contributed by atoms with van der Waals surface area (Å²) in [4.78, 5) is 23.5. The van der Waals surface area contributed by atoms with Crippen LogP contribution >= 0.6 is 11.8 Å². The molecule has 8 nitrogen and oxygen atoms in total. The number of H-pyrrole nitrogens is 1. The monoisotopic (exact) mass is 272 g/mol. The number of amidine groups is 1. The van der Waals surface area contributed by atoms with Gasteiger partial charge in [0.05, 0.1) is 6.33 Å². The van der Waals surface area contributed by atoms with Crippen LogP contribution in [0.15, 0.2) is 35.1 Å². The van der Waals surface area contributed by atoms with Crippen molar-refractivity contribution in [3.05, 3.63) is 30.6 Å². The number of fused-ring (bicyclic) bond motifs is 1. The van der Waals surface area contributed by atoms with Gasteiger partial charge in [0.15, 0.2) is 10.8 Å². The van der Waals surface area contributed by atoms with Gasteiger partial charge < -0.3 is 10.7 Å². The first-order valence-electron chi connectivity index (χ1n) is 5.23. The van der Waals surface area contributed by atoms with E-state index in [1.54, 1.807) is 18.6 Å². The number of imidazole rings is 1. The van der Waals surface area contributed by atoms with E-state index in [1.807, 2.05) is 0 Å². The molecule has 0 aliphatic rings. The molecule has 0 aliphatic heterocycles. The Morgan fingerprint density at radius 2 is 2.16 bits per heavy atom. The van der Waals surface area contributed by atoms with E-state index >= 15 is 0 Å². The van der Waals surface area contributed by atoms with Crippen LogP contribution in [0.3, 0.4) is 0 Å². The molecule has 0 spiro atoms. The summed E-state index contributed by atoms with van der Waals surface area (Å²) in [6, 6.07) is 1.58. The lowest BCUT2D eigenvalue weighted by molar-refractivity contribution is 0.948. The van der Waals surface area contributed by atoms with Crippen LogP contribution in [0.25, 0.3) is 11.2 Å². The van der Waals surface area contributed by atoms with Gasteiger partial charge in [-0.15, -0.1) is 0 Å². The topological polar surface area (TPSA) is 130 Å². The van der Waals surface area contributed by atoms with Crippen LogP contribution in [0.1, 0.15) is 5.69 Å². The summed E-state index contributed by atoms with van der Waals surface area (Å²) in [5.74, 6) is -0.0985. The number of aromatic nitrogens is 6. The Labute approximate surface area is 111 Å². The number of nitrogens with zero attached hydrogens (tertiary/aromatic N) is 5. The van der Waals surface area contributed by atoms with Crippen LogP contribution in [-0.2, 0) is 0 Å². The molecule has 19 heavy (non-hydrogen) atoms. The third kappa shape index (κ3) is 2.22. The summed E-state index contributed by atoms with van der Waals surface area (Å²) in [6.45, 7) is 0. The van der Waals surface area contributed by atoms with Crippen molar-refractivity contribution in [2.75, 3.05) is 0 Å². The SMILES string of the molecule is N=C(N)c1ccnc(Sc2ncnc3nc[nH]c23)n1. The van der Waals surface area contributed by atoms with Crippen molar-refractivity contribution in [1.29, 1.82) is 5.41 Å². The molecule has 0 amide bonds. The highest BCUT2D eigenvalue weighted by molar-refractivity contribution is 7.99. The molecular weight excluding hydrogens is 264 g/mol. The molecule has 3 rings (SSSR count). The number of nitrogens with one attached hydrogen (secondary N) is 2. The fourth-order valence-corrected chi connectivity index (χ4v) is 2.23. The second-order valence-corrected chi connectivity index (χ2v) is 4.48. The second kappa shape index (κ2) is 4.61. The first kappa shape index (κ1) is 11.5. The van der Waals surface area contributed by atoms with E-state index in [4.69, 9.17) is 11.1 Å². The highest BCUT2D eigenvalue weighted by atomic mass is 32.2. The number of rotatable bonds is 3. The number of aromatic amines is 1. The van der Waals surface area contributed by atoms with Crippen molar-refractivity contribution in [1.82, 2.24) is 29.9 Å². The Kier molecular flexibility index (Phi) is 2.80. The number of nitrogen functional groups attached to an aromatic ring is 1. The summed E-state index contributed by atoms with van der Waals surface area (Å²) in [5, 5.41) is 8.48. The zero-order valence-electron chi connectivity index (χ0n) is 9.53. The molecule has 4 N–H and O–H groups in total. The summed E-state index contributed by atoms with van der Waals surface area (Å²) in [7, 11) is 0. The minimum absolute atomic E-state index is 0.0985. The van der Waals surface area contributed by atoms with Crippen molar-refractivity contribution >= 4 is 28.8 Å². The molecule has 0 saturated carbocycles. The average molecular weight is 272 g/mol. The normalized spacial score (nSPS) is 10.7. The van der Waals surface area contributed by atoms with E-state index in [0.29, 0.717) is 21.5 Å². The Morgan fingerprint density at radius 3 is 3.00 bits per heavy atom. The number of nitrogens with two attached hydrogens (primary N) is 1. The van der Waals surface area contributed by atoms with E-state index in [1.165, 1.54) is 18.1 Å². The van der Waals surface area contributed by atoms with Crippen LogP contribution in [0.4, 0.5) is 0 Å². The maximum Gasteiger partial charge on any atom is 0.194 e. The van der Waals surface area contributed by atoms with E-state index in [0.717, 1.165) is 5.52 Å². The number of hydrogen-bond donors (Lipinski definition) is 3. The van der Waals surface area contributed by atoms with Crippen LogP contribution < -0.4 is 5.73 Å². The molecule has 0 fully saturated rings. The smallest absolute Gasteiger partial charge is 0.194 e. The van der Waals surface area contributed by atoms with Crippen LogP contribution in [0, 0.1) is 5.41 Å². The summed E-state index contributed by atoms with van der Waals surface area (Å²) < 4.78 is 0. The largest absolute Gasteiger partial charge is 0.382 e. The third-order valence-electron chi connectivity index (χ3n) is 2.29. The first-order chi connectivity index (χ1) is 9.24. The molecule has 9 heteroatoms. The highest BCUT2D eigenvalue weighted by Gasteiger charge is 2.10. The Bertz CT molecular complexity index is 752. The Morgan fingerprint density at radius 1 is 1.26 bits per heavy atom. The molecule has 0 bridgehead atoms. The van der Waals surface area contributed by atoms with Crippen molar-refractivity contribution in [2.45, 2.75) is 10.2 Å². The van der Waals surface area contributed by atoms with Gasteiger partial charge in [-0.25, -0.2) is 24.9 Å². The van der Waals surface area contributed by atoms with E-state index in [9.17, 15) is 0 Å². The van der Waals surface area contributed by atoms with Crippen molar-refractivity contribution < 1.29 is 0 Å². The standard InChI is InChI=1S/C10H8N8S/c11-7(12)5-1-2-13-10(18-5)19-9-6-8(15-3-14-6)16-4-17-9/h1-4H,(H3,11,12)(H,14,15,16,17). The predicted molar refractivity (Wildman–Crippen MR) is 68.9 cm³/mol. The van der Waals surface area contributed by atoms with Crippen LogP contribution in [0.5, 0.6) is 0 Å². The van der Waals surface area contributed by atoms with E-state index in [2.05, 4.69) is 29.9 Å². The van der Waals surface area contributed by atoms with E-state index in [-0.39, 0.29) is 5.84 Å². The summed E-state index contributed by atoms with van der Waals surface area (Å²) >= 11 is 1.26. The lowest BCUT2D eigenvalue weighted by Crippen LogP contribution is -2.13. The minimum Gasteiger partial charge on any atom is -0.382 e. The van der Waals surface area contributed by atoms with Crippen molar-refractivity contribution in [3.63, 3.8) is 0 Å². The molecule has 0 aliphatic carbocycles. The Balaban J connectivity index is 1.99. The van der Waals surface area contributed by atoms with E-state index < -0.39 is 0 Å². The Hall–Kier alpha value is -2.55. The fraction of sp³-hybridized carbons (Fsp3) is 0. The third-order valence-corrected chi connectivity index (χ3v) is 3.17. The average Bonchev–Trinajstić information content (AvgIpc) is 2.88. The molecule has 94 valence electrons. The highest BCUT2D eigenvalue weighted by Crippen LogP contribution is 2.26. The minimum atomic E-state index is -0.0985. The van der Waals surface area contributed by atoms with Gasteiger partial charge in [0.2, 0.25) is 0 Å². The van der Waals surface area contributed by atoms with Gasteiger partial charge >= 0.3 is 0 Å². The van der Waals surface area contributed by atoms with Crippen LogP contribution in [-0.4, -0.2) is 35.7 Å². The zero-order chi connectivity index (χ0) is 13.2. The van der Waals surface area contributed by atoms with Gasteiger partial charge in [-0.3, -0.25) is 5.41 Å². The summed E-state index contributed by atoms with van der Waals surface area (Å²) in [5.41, 5.74) is 7.08. The van der Waals surface area contributed by atoms with Crippen molar-refractivity contribution in [3.8, 4) is 0 Å². The number of hydrogen-bond acceptors (Lipinski definition) is 7. The lowest BCUT2D eigenvalue weighted by Gasteiger charge is -2.02. The van der Waals surface area contributed by atoms with Gasteiger partial charge in [0, 0.05) is 6.20 Å². The van der Waals surface area contributed by atoms with Gasteiger partial charge in [-0.2, -0.15) is 0 Å². The molecule has 0 atom stereocenters. The van der Waals surface area contributed by atoms with Crippen molar-refractivity contribution in [2.24, 2.45) is 5.73 Å². The molecule has 3 aromatic rings. The van der Waals surface area contributed by atoms with Gasteiger partial charge in [0.1, 0.15) is 28.4 Å². The molecule has 0 unspecified atom stereocenters. The molecular formula is C10H8N8S. The quantitative estimate of drug-likeness (QED) is 0.275. The first-order valence-corrected chi connectivity index (χ1v) is 6.05. The van der Waals surface area contributed by atoms with Gasteiger partial charge in [0.25, 0.3) is 0 Å². The molecule has 3 heterocycles. The van der Waals surface area contributed by atoms with Gasteiger partial charge in [-0.1, -0.05) is 0 Å². The second-order valence-electron chi connectivity index (χ2n) is 3.52. The molecule has 0 saturated heterocycles. The maximum atomic E-state index is 7.35. The molecule has 0 radical (unpaired) electrons. The zero-order valence-corrected chi connectivity index (χ0v) is 10.3.